The normalized spacial score (nSPS) is 19.8. The number of hydrogen-bond acceptors (Lipinski definition) is 4. The molecule has 1 amide bonds. The van der Waals surface area contributed by atoms with Gasteiger partial charge in [-0.05, 0) is 49.9 Å². The van der Waals surface area contributed by atoms with Gasteiger partial charge in [0.05, 0.1) is 18.8 Å². The Labute approximate surface area is 212 Å². The smallest absolute Gasteiger partial charge is 0.254 e. The van der Waals surface area contributed by atoms with Crippen LogP contribution in [0.25, 0.3) is 0 Å². The third-order valence-corrected chi connectivity index (χ3v) is 6.38. The number of hydrogen-bond donors (Lipinski definition) is 2. The topological polar surface area (TPSA) is 66.0 Å². The Balaban J connectivity index is 0.00000363. The second-order valence-corrected chi connectivity index (χ2v) is 9.14. The highest BCUT2D eigenvalue weighted by molar-refractivity contribution is 14.0. The number of nitrogens with one attached hydrogen (secondary N) is 2. The van der Waals surface area contributed by atoms with Gasteiger partial charge in [0.25, 0.3) is 5.91 Å². The molecule has 2 N–H and O–H groups in total. The molecule has 3 rings (SSSR count). The van der Waals surface area contributed by atoms with Crippen LogP contribution in [0.5, 0.6) is 0 Å². The molecule has 32 heavy (non-hydrogen) atoms. The summed E-state index contributed by atoms with van der Waals surface area (Å²) in [6.07, 6.45) is 0.140. The molecular formula is C24H35IN4O2S. The fourth-order valence-electron chi connectivity index (χ4n) is 3.71. The van der Waals surface area contributed by atoms with Crippen LogP contribution in [0.4, 0.5) is 0 Å². The van der Waals surface area contributed by atoms with Crippen molar-refractivity contribution in [3.05, 3.63) is 57.8 Å². The van der Waals surface area contributed by atoms with Crippen LogP contribution in [0.3, 0.4) is 0 Å². The van der Waals surface area contributed by atoms with E-state index in [1.54, 1.807) is 11.3 Å². The van der Waals surface area contributed by atoms with E-state index in [4.69, 9.17) is 9.73 Å². The molecular weight excluding hydrogens is 535 g/mol. The van der Waals surface area contributed by atoms with Gasteiger partial charge in [-0.15, -0.1) is 35.3 Å². The highest BCUT2D eigenvalue weighted by Crippen LogP contribution is 2.19. The van der Waals surface area contributed by atoms with Crippen molar-refractivity contribution in [1.82, 2.24) is 15.5 Å². The van der Waals surface area contributed by atoms with Gasteiger partial charge in [-0.25, -0.2) is 4.99 Å². The quantitative estimate of drug-likeness (QED) is 0.293. The molecule has 2 heterocycles. The molecule has 3 atom stereocenters. The molecule has 0 spiro atoms. The maximum Gasteiger partial charge on any atom is 0.254 e. The summed E-state index contributed by atoms with van der Waals surface area (Å²) in [5.74, 6) is 1.30. The molecule has 6 nitrogen and oxygen atoms in total. The molecule has 176 valence electrons. The number of amides is 1. The number of guanidine groups is 1. The van der Waals surface area contributed by atoms with E-state index in [2.05, 4.69) is 42.0 Å². The summed E-state index contributed by atoms with van der Waals surface area (Å²) < 4.78 is 5.73. The zero-order valence-corrected chi connectivity index (χ0v) is 22.5. The van der Waals surface area contributed by atoms with Gasteiger partial charge in [0, 0.05) is 42.5 Å². The molecule has 0 radical (unpaired) electrons. The largest absolute Gasteiger partial charge is 0.372 e. The van der Waals surface area contributed by atoms with Gasteiger partial charge in [-0.2, -0.15) is 0 Å². The molecule has 0 bridgehead atoms. The Morgan fingerprint density at radius 2 is 1.88 bits per heavy atom. The third-order valence-electron chi connectivity index (χ3n) is 5.28. The predicted octanol–water partition coefficient (Wildman–Crippen LogP) is 4.47. The minimum Gasteiger partial charge on any atom is -0.372 e. The average molecular weight is 571 g/mol. The molecule has 1 aromatic carbocycles. The van der Waals surface area contributed by atoms with Crippen molar-refractivity contribution in [2.45, 2.75) is 52.4 Å². The van der Waals surface area contributed by atoms with Crippen LogP contribution < -0.4 is 10.6 Å². The fourth-order valence-corrected chi connectivity index (χ4v) is 4.50. The second-order valence-electron chi connectivity index (χ2n) is 8.16. The number of rotatable bonds is 7. The summed E-state index contributed by atoms with van der Waals surface area (Å²) in [4.78, 5) is 20.8. The summed E-state index contributed by atoms with van der Waals surface area (Å²) in [5, 5.41) is 8.85. The van der Waals surface area contributed by atoms with Crippen molar-refractivity contribution in [2.24, 2.45) is 4.99 Å². The average Bonchev–Trinajstić information content (AvgIpc) is 3.30. The van der Waals surface area contributed by atoms with E-state index in [1.165, 1.54) is 4.88 Å². The first-order valence-electron chi connectivity index (χ1n) is 11.1. The lowest BCUT2D eigenvalue weighted by Gasteiger charge is -2.35. The van der Waals surface area contributed by atoms with Crippen molar-refractivity contribution in [2.75, 3.05) is 26.2 Å². The Bertz CT molecular complexity index is 847. The van der Waals surface area contributed by atoms with E-state index in [9.17, 15) is 4.79 Å². The summed E-state index contributed by atoms with van der Waals surface area (Å²) in [7, 11) is 0. The van der Waals surface area contributed by atoms with Crippen LogP contribution in [0.1, 0.15) is 54.4 Å². The molecule has 2 aromatic rings. The Kier molecular flexibility index (Phi) is 10.9. The maximum atomic E-state index is 12.8. The van der Waals surface area contributed by atoms with Crippen molar-refractivity contribution in [3.8, 4) is 0 Å². The fraction of sp³-hybridized carbons (Fsp3) is 0.500. The van der Waals surface area contributed by atoms with Gasteiger partial charge in [-0.1, -0.05) is 25.1 Å². The standard InChI is InChI=1S/C24H34N4O2S.HI/c1-5-25-24(26-13-17(2)22-7-6-12-31-22)27-14-20-8-10-21(11-9-20)23(29)28-15-18(3)30-19(4)16-28;/h6-12,17-19H,5,13-16H2,1-4H3,(H2,25,26,27);1H. The number of ether oxygens (including phenoxy) is 1. The van der Waals surface area contributed by atoms with Crippen molar-refractivity contribution >= 4 is 47.2 Å². The summed E-state index contributed by atoms with van der Waals surface area (Å²) >= 11 is 1.78. The van der Waals surface area contributed by atoms with Gasteiger partial charge in [0.2, 0.25) is 0 Å². The van der Waals surface area contributed by atoms with Crippen LogP contribution in [0.2, 0.25) is 0 Å². The predicted molar refractivity (Wildman–Crippen MR) is 143 cm³/mol. The van der Waals surface area contributed by atoms with Crippen molar-refractivity contribution in [1.29, 1.82) is 0 Å². The van der Waals surface area contributed by atoms with Gasteiger partial charge >= 0.3 is 0 Å². The molecule has 1 saturated heterocycles. The minimum absolute atomic E-state index is 0. The van der Waals surface area contributed by atoms with Gasteiger partial charge in [0.1, 0.15) is 0 Å². The number of carbonyl (C=O) groups excluding carboxylic acids is 1. The highest BCUT2D eigenvalue weighted by atomic mass is 127. The number of benzene rings is 1. The van der Waals surface area contributed by atoms with E-state index in [-0.39, 0.29) is 42.1 Å². The highest BCUT2D eigenvalue weighted by Gasteiger charge is 2.26. The molecule has 8 heteroatoms. The molecule has 1 aliphatic heterocycles. The minimum atomic E-state index is 0. The van der Waals surface area contributed by atoms with Gasteiger partial charge in [0.15, 0.2) is 5.96 Å². The molecule has 1 aliphatic rings. The summed E-state index contributed by atoms with van der Waals surface area (Å²) in [6.45, 7) is 11.8. The lowest BCUT2D eigenvalue weighted by molar-refractivity contribution is -0.0586. The van der Waals surface area contributed by atoms with E-state index < -0.39 is 0 Å². The van der Waals surface area contributed by atoms with E-state index in [1.807, 2.05) is 43.0 Å². The number of nitrogens with zero attached hydrogens (tertiary/aromatic N) is 2. The number of aliphatic imine (C=N–C) groups is 1. The van der Waals surface area contributed by atoms with Crippen LogP contribution in [-0.4, -0.2) is 55.2 Å². The molecule has 3 unspecified atom stereocenters. The van der Waals surface area contributed by atoms with E-state index >= 15 is 0 Å². The monoisotopic (exact) mass is 570 g/mol. The SMILES string of the molecule is CCNC(=NCc1ccc(C(=O)N2CC(C)OC(C)C2)cc1)NCC(C)c1cccs1.I. The van der Waals surface area contributed by atoms with Crippen molar-refractivity contribution in [3.63, 3.8) is 0 Å². The molecule has 1 aromatic heterocycles. The molecule has 0 saturated carbocycles. The summed E-state index contributed by atoms with van der Waals surface area (Å²) in [6, 6.07) is 12.0. The first-order valence-corrected chi connectivity index (χ1v) is 11.9. The number of carbonyl (C=O) groups is 1. The Morgan fingerprint density at radius 3 is 2.47 bits per heavy atom. The van der Waals surface area contributed by atoms with Crippen LogP contribution in [0.15, 0.2) is 46.8 Å². The lowest BCUT2D eigenvalue weighted by Crippen LogP contribution is -2.48. The Hall–Kier alpha value is -1.65. The third kappa shape index (κ3) is 7.74. The maximum absolute atomic E-state index is 12.8. The number of thiophene rings is 1. The van der Waals surface area contributed by atoms with Gasteiger partial charge < -0.3 is 20.3 Å². The zero-order valence-electron chi connectivity index (χ0n) is 19.3. The van der Waals surface area contributed by atoms with Crippen molar-refractivity contribution < 1.29 is 9.53 Å². The number of halogens is 1. The van der Waals surface area contributed by atoms with Gasteiger partial charge in [-0.3, -0.25) is 4.79 Å². The van der Waals surface area contributed by atoms with Crippen LogP contribution in [0, 0.1) is 0 Å². The second kappa shape index (κ2) is 13.2. The molecule has 1 fully saturated rings. The van der Waals surface area contributed by atoms with E-state index in [0.29, 0.717) is 31.1 Å². The first-order chi connectivity index (χ1) is 15.0. The van der Waals surface area contributed by atoms with Crippen LogP contribution in [-0.2, 0) is 11.3 Å². The van der Waals surface area contributed by atoms with E-state index in [0.717, 1.165) is 24.6 Å². The summed E-state index contributed by atoms with van der Waals surface area (Å²) in [5.41, 5.74) is 1.78. The first kappa shape index (κ1) is 26.6. The lowest BCUT2D eigenvalue weighted by atomic mass is 10.1. The zero-order chi connectivity index (χ0) is 22.2. The molecule has 0 aliphatic carbocycles. The number of morpholine rings is 1. The Morgan fingerprint density at radius 1 is 1.19 bits per heavy atom. The van der Waals surface area contributed by atoms with Crippen LogP contribution >= 0.6 is 35.3 Å².